The smallest absolute Gasteiger partial charge is 0.297 e. The summed E-state index contributed by atoms with van der Waals surface area (Å²) >= 11 is 0. The molecule has 7 heteroatoms. The van der Waals surface area contributed by atoms with Gasteiger partial charge in [-0.25, -0.2) is 0 Å². The molecule has 2 aliphatic carbocycles. The number of rotatable bonds is 3. The molecule has 4 aliphatic rings. The van der Waals surface area contributed by atoms with Gasteiger partial charge in [0.25, 0.3) is 10.1 Å². The quantitative estimate of drug-likeness (QED) is 0.829. The van der Waals surface area contributed by atoms with Crippen molar-refractivity contribution in [3.05, 3.63) is 29.8 Å². The van der Waals surface area contributed by atoms with Crippen molar-refractivity contribution in [3.8, 4) is 0 Å². The zero-order valence-electron chi connectivity index (χ0n) is 13.5. The van der Waals surface area contributed by atoms with Gasteiger partial charge >= 0.3 is 0 Å². The fourth-order valence-corrected chi connectivity index (χ4v) is 6.56. The molecule has 6 nitrogen and oxygen atoms in total. The van der Waals surface area contributed by atoms with E-state index in [2.05, 4.69) is 0 Å². The third-order valence-corrected chi connectivity index (χ3v) is 7.61. The van der Waals surface area contributed by atoms with Crippen LogP contribution in [0.3, 0.4) is 0 Å². The first kappa shape index (κ1) is 15.3. The number of aliphatic hydroxyl groups is 1. The van der Waals surface area contributed by atoms with Crippen molar-refractivity contribution in [1.82, 2.24) is 0 Å². The summed E-state index contributed by atoms with van der Waals surface area (Å²) in [6, 6.07) is 6.61. The molecule has 0 amide bonds. The number of aliphatic hydroxyl groups excluding tert-OH is 1. The summed E-state index contributed by atoms with van der Waals surface area (Å²) in [6.07, 6.45) is -0.925. The van der Waals surface area contributed by atoms with Gasteiger partial charge in [-0.1, -0.05) is 17.7 Å². The molecular formula is C17H20O6S. The standard InChI is InChI=1S/C17H20O6S/c1-8-3-5-9(6-4-8)24(19,20)23-15-10-7-11-13-12(10)16(18)22-17(13,2)21-14(11)15/h3-6,10-16,18H,7H2,1-2H3/t10?,11?,12?,13?,14?,15-,16+,17?/m0/s1. The summed E-state index contributed by atoms with van der Waals surface area (Å²) < 4.78 is 42.6. The molecule has 0 radical (unpaired) electrons. The number of fused-ring (bicyclic) bond motifs is 2. The van der Waals surface area contributed by atoms with Crippen molar-refractivity contribution in [1.29, 1.82) is 0 Å². The van der Waals surface area contributed by atoms with E-state index >= 15 is 0 Å². The normalized spacial score (nSPS) is 48.4. The Hall–Kier alpha value is -0.990. The van der Waals surface area contributed by atoms with Crippen molar-refractivity contribution in [2.75, 3.05) is 0 Å². The second-order valence-corrected chi connectivity index (χ2v) is 9.17. The SMILES string of the molecule is Cc1ccc(S(=O)(=O)O[C@H]2C3CC4C2OC2(C)O[C@@H](O)C3C42)cc1. The predicted molar refractivity (Wildman–Crippen MR) is 82.2 cm³/mol. The predicted octanol–water partition coefficient (Wildman–Crippen LogP) is 1.41. The molecule has 5 rings (SSSR count). The van der Waals surface area contributed by atoms with Crippen LogP contribution in [0.25, 0.3) is 0 Å². The van der Waals surface area contributed by atoms with E-state index in [4.69, 9.17) is 13.7 Å². The number of ether oxygens (including phenoxy) is 2. The van der Waals surface area contributed by atoms with Crippen LogP contribution in [0.5, 0.6) is 0 Å². The maximum absolute atomic E-state index is 12.6. The van der Waals surface area contributed by atoms with Crippen LogP contribution in [-0.4, -0.2) is 37.8 Å². The minimum Gasteiger partial charge on any atom is -0.368 e. The van der Waals surface area contributed by atoms with Crippen molar-refractivity contribution in [2.24, 2.45) is 23.7 Å². The molecule has 1 N–H and O–H groups in total. The van der Waals surface area contributed by atoms with Crippen molar-refractivity contribution >= 4 is 10.1 Å². The van der Waals surface area contributed by atoms with Crippen LogP contribution < -0.4 is 0 Å². The van der Waals surface area contributed by atoms with Crippen molar-refractivity contribution in [2.45, 2.75) is 49.4 Å². The first-order valence-corrected chi connectivity index (χ1v) is 9.75. The van der Waals surface area contributed by atoms with Crippen molar-refractivity contribution in [3.63, 3.8) is 0 Å². The third kappa shape index (κ3) is 1.82. The highest BCUT2D eigenvalue weighted by atomic mass is 32.2. The lowest BCUT2D eigenvalue weighted by Crippen LogP contribution is -2.43. The van der Waals surface area contributed by atoms with E-state index in [1.54, 1.807) is 24.3 Å². The largest absolute Gasteiger partial charge is 0.368 e. The molecule has 2 bridgehead atoms. The highest BCUT2D eigenvalue weighted by Gasteiger charge is 2.76. The fraction of sp³-hybridized carbons (Fsp3) is 0.647. The van der Waals surface area contributed by atoms with Crippen LogP contribution in [0.2, 0.25) is 0 Å². The Morgan fingerprint density at radius 1 is 1.21 bits per heavy atom. The average molecular weight is 352 g/mol. The van der Waals surface area contributed by atoms with Crippen LogP contribution >= 0.6 is 0 Å². The molecule has 8 atom stereocenters. The highest BCUT2D eigenvalue weighted by molar-refractivity contribution is 7.86. The van der Waals surface area contributed by atoms with Gasteiger partial charge in [-0.05, 0) is 44.2 Å². The summed E-state index contributed by atoms with van der Waals surface area (Å²) in [5, 5.41) is 10.2. The number of benzene rings is 1. The molecule has 6 unspecified atom stereocenters. The van der Waals surface area contributed by atoms with Crippen LogP contribution in [0.1, 0.15) is 18.9 Å². The summed E-state index contributed by atoms with van der Waals surface area (Å²) in [5.41, 5.74) is 0.987. The topological polar surface area (TPSA) is 82.1 Å². The van der Waals surface area contributed by atoms with E-state index in [0.717, 1.165) is 12.0 Å². The van der Waals surface area contributed by atoms with Crippen molar-refractivity contribution < 1.29 is 27.2 Å². The Kier molecular flexibility index (Phi) is 2.92. The minimum atomic E-state index is -3.86. The number of hydrogen-bond acceptors (Lipinski definition) is 6. The van der Waals surface area contributed by atoms with Gasteiger partial charge in [0, 0.05) is 11.8 Å². The molecule has 24 heavy (non-hydrogen) atoms. The molecule has 2 saturated heterocycles. The van der Waals surface area contributed by atoms with Gasteiger partial charge in [-0.3, -0.25) is 4.18 Å². The Bertz CT molecular complexity index is 790. The molecule has 0 aromatic heterocycles. The summed E-state index contributed by atoms with van der Waals surface area (Å²) in [7, 11) is -3.86. The highest BCUT2D eigenvalue weighted by Crippen LogP contribution is 2.68. The summed E-state index contributed by atoms with van der Waals surface area (Å²) in [5.74, 6) is -0.661. The van der Waals surface area contributed by atoms with Gasteiger partial charge in [0.2, 0.25) is 0 Å². The molecule has 1 aromatic carbocycles. The van der Waals surface area contributed by atoms with E-state index in [0.29, 0.717) is 0 Å². The van der Waals surface area contributed by atoms with E-state index < -0.39 is 28.3 Å². The second kappa shape index (κ2) is 4.59. The summed E-state index contributed by atoms with van der Waals surface area (Å²) in [6.45, 7) is 3.74. The zero-order chi connectivity index (χ0) is 16.9. The van der Waals surface area contributed by atoms with Crippen LogP contribution in [0, 0.1) is 30.6 Å². The molecule has 0 spiro atoms. The fourth-order valence-electron chi connectivity index (χ4n) is 5.44. The monoisotopic (exact) mass is 352 g/mol. The lowest BCUT2D eigenvalue weighted by Gasteiger charge is -2.32. The first-order valence-electron chi connectivity index (χ1n) is 8.34. The van der Waals surface area contributed by atoms with Crippen LogP contribution in [0.4, 0.5) is 0 Å². The molecule has 2 heterocycles. The van der Waals surface area contributed by atoms with Gasteiger partial charge in [-0.15, -0.1) is 0 Å². The molecular weight excluding hydrogens is 332 g/mol. The van der Waals surface area contributed by atoms with E-state index in [1.165, 1.54) is 0 Å². The number of hydrogen-bond donors (Lipinski definition) is 1. The van der Waals surface area contributed by atoms with Crippen LogP contribution in [0.15, 0.2) is 29.2 Å². The Morgan fingerprint density at radius 2 is 1.92 bits per heavy atom. The molecule has 1 aromatic rings. The van der Waals surface area contributed by atoms with Gasteiger partial charge in [-0.2, -0.15) is 8.42 Å². The Morgan fingerprint density at radius 3 is 2.62 bits per heavy atom. The average Bonchev–Trinajstić information content (AvgIpc) is 3.16. The first-order chi connectivity index (χ1) is 11.3. The third-order valence-electron chi connectivity index (χ3n) is 6.29. The molecule has 2 saturated carbocycles. The molecule has 2 aliphatic heterocycles. The van der Waals surface area contributed by atoms with Gasteiger partial charge in [0.05, 0.1) is 11.0 Å². The minimum absolute atomic E-state index is 0.0513. The van der Waals surface area contributed by atoms with E-state index in [9.17, 15) is 13.5 Å². The van der Waals surface area contributed by atoms with Crippen LogP contribution in [-0.2, 0) is 23.8 Å². The van der Waals surface area contributed by atoms with Gasteiger partial charge in [0.15, 0.2) is 12.1 Å². The van der Waals surface area contributed by atoms with Gasteiger partial charge in [0.1, 0.15) is 6.10 Å². The zero-order valence-corrected chi connectivity index (χ0v) is 14.3. The van der Waals surface area contributed by atoms with E-state index in [-0.39, 0.29) is 34.7 Å². The Balaban J connectivity index is 1.46. The van der Waals surface area contributed by atoms with Gasteiger partial charge < -0.3 is 14.6 Å². The molecule has 4 fully saturated rings. The maximum Gasteiger partial charge on any atom is 0.297 e. The lowest BCUT2D eigenvalue weighted by atomic mass is 9.77. The number of aryl methyl sites for hydroxylation is 1. The second-order valence-electron chi connectivity index (χ2n) is 7.60. The maximum atomic E-state index is 12.6. The molecule has 130 valence electrons. The lowest BCUT2D eigenvalue weighted by molar-refractivity contribution is -0.272. The Labute approximate surface area is 140 Å². The summed E-state index contributed by atoms with van der Waals surface area (Å²) in [4.78, 5) is 0.151. The van der Waals surface area contributed by atoms with E-state index in [1.807, 2.05) is 13.8 Å².